The van der Waals surface area contributed by atoms with E-state index in [1.165, 1.54) is 25.7 Å². The molecule has 3 fully saturated rings. The van der Waals surface area contributed by atoms with E-state index in [2.05, 4.69) is 41.5 Å². The Hall–Kier alpha value is -0.0800. The molecule has 0 aromatic carbocycles. The van der Waals surface area contributed by atoms with Crippen molar-refractivity contribution in [3.8, 4) is 0 Å². The van der Waals surface area contributed by atoms with Gasteiger partial charge < -0.3 is 9.47 Å². The van der Waals surface area contributed by atoms with Crippen LogP contribution in [0.25, 0.3) is 0 Å². The minimum atomic E-state index is -0.399. The molecule has 2 saturated carbocycles. The summed E-state index contributed by atoms with van der Waals surface area (Å²) in [6.45, 7) is 13.8. The third-order valence-corrected chi connectivity index (χ3v) is 6.62. The van der Waals surface area contributed by atoms with E-state index in [4.69, 9.17) is 9.47 Å². The second kappa shape index (κ2) is 3.98. The Balaban J connectivity index is 2.00. The average molecular weight is 266 g/mol. The average Bonchev–Trinajstić information content (AvgIpc) is 2.78. The lowest BCUT2D eigenvalue weighted by Crippen LogP contribution is -2.55. The van der Waals surface area contributed by atoms with E-state index < -0.39 is 5.79 Å². The molecule has 2 heteroatoms. The first-order valence-electron chi connectivity index (χ1n) is 8.08. The summed E-state index contributed by atoms with van der Waals surface area (Å²) in [6, 6.07) is 0. The van der Waals surface area contributed by atoms with Gasteiger partial charge in [0.25, 0.3) is 0 Å². The Bertz CT molecular complexity index is 373. The molecule has 1 aliphatic heterocycles. The third-order valence-electron chi connectivity index (χ3n) is 6.62. The zero-order valence-corrected chi connectivity index (χ0v) is 13.5. The summed E-state index contributed by atoms with van der Waals surface area (Å²) in [5.41, 5.74) is 0.714. The van der Waals surface area contributed by atoms with E-state index in [0.717, 1.165) is 11.8 Å². The van der Waals surface area contributed by atoms with Crippen molar-refractivity contribution >= 4 is 0 Å². The molecule has 3 aliphatic rings. The molecule has 2 aliphatic carbocycles. The van der Waals surface area contributed by atoms with Crippen LogP contribution < -0.4 is 0 Å². The quantitative estimate of drug-likeness (QED) is 0.701. The molecule has 0 spiro atoms. The number of ether oxygens (including phenoxy) is 2. The zero-order chi connectivity index (χ0) is 14.1. The zero-order valence-electron chi connectivity index (χ0n) is 13.5. The Kier molecular flexibility index (Phi) is 2.91. The maximum Gasteiger partial charge on any atom is 0.163 e. The predicted octanol–water partition coefficient (Wildman–Crippen LogP) is 4.38. The van der Waals surface area contributed by atoms with Crippen LogP contribution in [0.3, 0.4) is 0 Å². The van der Waals surface area contributed by atoms with Crippen molar-refractivity contribution in [3.63, 3.8) is 0 Å². The lowest BCUT2D eigenvalue weighted by atomic mass is 9.52. The van der Waals surface area contributed by atoms with Gasteiger partial charge in [-0.15, -0.1) is 0 Å². The van der Waals surface area contributed by atoms with Crippen LogP contribution in [0.1, 0.15) is 67.2 Å². The summed E-state index contributed by atoms with van der Waals surface area (Å²) in [4.78, 5) is 0. The van der Waals surface area contributed by atoms with Crippen LogP contribution in [0.15, 0.2) is 0 Å². The molecule has 1 saturated heterocycles. The van der Waals surface area contributed by atoms with Crippen molar-refractivity contribution < 1.29 is 9.47 Å². The Morgan fingerprint density at radius 2 is 1.74 bits per heavy atom. The molecule has 110 valence electrons. The van der Waals surface area contributed by atoms with E-state index in [-0.39, 0.29) is 11.5 Å². The first-order chi connectivity index (χ1) is 8.73. The molecule has 0 radical (unpaired) electrons. The van der Waals surface area contributed by atoms with E-state index in [1.54, 1.807) is 0 Å². The van der Waals surface area contributed by atoms with Crippen LogP contribution >= 0.6 is 0 Å². The maximum absolute atomic E-state index is 6.28. The highest BCUT2D eigenvalue weighted by molar-refractivity contribution is 5.11. The standard InChI is InChI=1S/C17H30O2/c1-7-17-10-12-14(19-16(5,6)18-12)15(3,4)13(17)9-8-11(17)2/h11-14H,7-10H2,1-6H3/t11-,12+,13+,14+,17-/m1/s1. The number of rotatable bonds is 1. The van der Waals surface area contributed by atoms with Crippen molar-refractivity contribution in [2.24, 2.45) is 22.7 Å². The van der Waals surface area contributed by atoms with E-state index in [1.807, 2.05) is 0 Å². The summed E-state index contributed by atoms with van der Waals surface area (Å²) >= 11 is 0. The van der Waals surface area contributed by atoms with Gasteiger partial charge in [0.1, 0.15) is 0 Å². The molecule has 0 aromatic rings. The highest BCUT2D eigenvalue weighted by atomic mass is 16.8. The van der Waals surface area contributed by atoms with Crippen molar-refractivity contribution in [2.45, 2.75) is 85.2 Å². The van der Waals surface area contributed by atoms with Gasteiger partial charge in [0.2, 0.25) is 0 Å². The molecule has 0 amide bonds. The molecule has 0 aromatic heterocycles. The maximum atomic E-state index is 6.28. The van der Waals surface area contributed by atoms with Gasteiger partial charge in [-0.25, -0.2) is 0 Å². The van der Waals surface area contributed by atoms with Crippen molar-refractivity contribution in [1.82, 2.24) is 0 Å². The van der Waals surface area contributed by atoms with Gasteiger partial charge in [-0.1, -0.05) is 27.7 Å². The van der Waals surface area contributed by atoms with Crippen LogP contribution in [0.5, 0.6) is 0 Å². The summed E-state index contributed by atoms with van der Waals surface area (Å²) in [5, 5.41) is 0. The smallest absolute Gasteiger partial charge is 0.163 e. The summed E-state index contributed by atoms with van der Waals surface area (Å²) in [7, 11) is 0. The molecule has 1 heterocycles. The Morgan fingerprint density at radius 3 is 2.37 bits per heavy atom. The van der Waals surface area contributed by atoms with Crippen molar-refractivity contribution in [3.05, 3.63) is 0 Å². The van der Waals surface area contributed by atoms with Gasteiger partial charge in [0.15, 0.2) is 5.79 Å². The molecule has 0 N–H and O–H groups in total. The van der Waals surface area contributed by atoms with Crippen molar-refractivity contribution in [2.75, 3.05) is 0 Å². The van der Waals surface area contributed by atoms with E-state index in [0.29, 0.717) is 11.5 Å². The topological polar surface area (TPSA) is 18.5 Å². The first kappa shape index (κ1) is 13.9. The van der Waals surface area contributed by atoms with Crippen LogP contribution in [0, 0.1) is 22.7 Å². The molecule has 0 bridgehead atoms. The minimum Gasteiger partial charge on any atom is -0.345 e. The fourth-order valence-corrected chi connectivity index (χ4v) is 5.72. The molecule has 2 nitrogen and oxygen atoms in total. The van der Waals surface area contributed by atoms with Gasteiger partial charge in [-0.3, -0.25) is 0 Å². The number of hydrogen-bond donors (Lipinski definition) is 0. The van der Waals surface area contributed by atoms with Gasteiger partial charge in [0.05, 0.1) is 12.2 Å². The highest BCUT2D eigenvalue weighted by Gasteiger charge is 2.64. The summed E-state index contributed by atoms with van der Waals surface area (Å²) in [6.07, 6.45) is 5.81. The van der Waals surface area contributed by atoms with E-state index >= 15 is 0 Å². The van der Waals surface area contributed by atoms with Gasteiger partial charge >= 0.3 is 0 Å². The Labute approximate surface area is 118 Å². The van der Waals surface area contributed by atoms with Gasteiger partial charge in [-0.05, 0) is 62.2 Å². The molecule has 5 atom stereocenters. The monoisotopic (exact) mass is 266 g/mol. The normalized spacial score (nSPS) is 50.8. The predicted molar refractivity (Wildman–Crippen MR) is 76.8 cm³/mol. The van der Waals surface area contributed by atoms with Gasteiger partial charge in [-0.2, -0.15) is 0 Å². The lowest BCUT2D eigenvalue weighted by Gasteiger charge is -2.54. The summed E-state index contributed by atoms with van der Waals surface area (Å²) < 4.78 is 12.5. The SMILES string of the molecule is CC[C@]12C[C@@H]3OC(C)(C)O[C@@H]3C(C)(C)[C@@H]1CC[C@H]2C. The van der Waals surface area contributed by atoms with Crippen LogP contribution in [0.2, 0.25) is 0 Å². The van der Waals surface area contributed by atoms with E-state index in [9.17, 15) is 0 Å². The largest absolute Gasteiger partial charge is 0.345 e. The minimum absolute atomic E-state index is 0.234. The number of hydrogen-bond acceptors (Lipinski definition) is 2. The molecular formula is C17H30O2. The fourth-order valence-electron chi connectivity index (χ4n) is 5.72. The number of fused-ring (bicyclic) bond motifs is 2. The summed E-state index contributed by atoms with van der Waals surface area (Å²) in [5.74, 6) is 1.22. The van der Waals surface area contributed by atoms with Crippen LogP contribution in [-0.4, -0.2) is 18.0 Å². The first-order valence-corrected chi connectivity index (χ1v) is 8.08. The molecule has 3 rings (SSSR count). The Morgan fingerprint density at radius 1 is 1.05 bits per heavy atom. The van der Waals surface area contributed by atoms with Gasteiger partial charge in [0, 0.05) is 0 Å². The molecule has 19 heavy (non-hydrogen) atoms. The molecular weight excluding hydrogens is 236 g/mol. The lowest BCUT2D eigenvalue weighted by molar-refractivity contribution is -0.158. The molecule has 0 unspecified atom stereocenters. The second-order valence-electron chi connectivity index (χ2n) is 8.24. The van der Waals surface area contributed by atoms with Crippen LogP contribution in [0.4, 0.5) is 0 Å². The second-order valence-corrected chi connectivity index (χ2v) is 8.24. The van der Waals surface area contributed by atoms with Crippen LogP contribution in [-0.2, 0) is 9.47 Å². The fraction of sp³-hybridized carbons (Fsp3) is 1.00. The van der Waals surface area contributed by atoms with Crippen molar-refractivity contribution in [1.29, 1.82) is 0 Å². The highest BCUT2D eigenvalue weighted by Crippen LogP contribution is 2.65. The third kappa shape index (κ3) is 1.75.